The monoisotopic (exact) mass is 314 g/mol. The predicted molar refractivity (Wildman–Crippen MR) is 68.0 cm³/mol. The number of nitrogens with zero attached hydrogens (tertiary/aromatic N) is 4. The summed E-state index contributed by atoms with van der Waals surface area (Å²) in [6.45, 7) is 0.728. The summed E-state index contributed by atoms with van der Waals surface area (Å²) in [5, 5.41) is 3.39. The van der Waals surface area contributed by atoms with E-state index in [4.69, 9.17) is 0 Å². The molecular weight excluding hydrogens is 301 g/mol. The molecule has 0 aliphatic carbocycles. The van der Waals surface area contributed by atoms with Gasteiger partial charge in [-0.3, -0.25) is 4.79 Å². The number of likely N-dealkylation sites (tertiary alicyclic amines) is 1. The number of amides is 1. The number of halogens is 3. The van der Waals surface area contributed by atoms with E-state index < -0.39 is 12.1 Å². The standard InChI is InChI=1S/C13H13F3N4O2/c1-19-5-2-3-9(19)11(21)20-6-4-8(7-20)10-17-12(22-18-10)13(14,15)16/h2-3,5,8H,4,6-7H2,1H3/t8-/m1/s1. The molecule has 6 nitrogen and oxygen atoms in total. The lowest BCUT2D eigenvalue weighted by Gasteiger charge is -2.16. The first-order chi connectivity index (χ1) is 10.4. The van der Waals surface area contributed by atoms with Gasteiger partial charge in [-0.05, 0) is 18.6 Å². The van der Waals surface area contributed by atoms with Gasteiger partial charge < -0.3 is 14.0 Å². The lowest BCUT2D eigenvalue weighted by Crippen LogP contribution is -2.30. The van der Waals surface area contributed by atoms with Crippen LogP contribution in [0.1, 0.15) is 34.5 Å². The van der Waals surface area contributed by atoms with Crippen LogP contribution >= 0.6 is 0 Å². The smallest absolute Gasteiger partial charge is 0.347 e. The Morgan fingerprint density at radius 1 is 1.45 bits per heavy atom. The molecule has 1 aliphatic heterocycles. The van der Waals surface area contributed by atoms with Crippen LogP contribution in [0.15, 0.2) is 22.9 Å². The number of rotatable bonds is 2. The molecule has 3 rings (SSSR count). The highest BCUT2D eigenvalue weighted by atomic mass is 19.4. The van der Waals surface area contributed by atoms with Gasteiger partial charge in [0.25, 0.3) is 5.91 Å². The summed E-state index contributed by atoms with van der Waals surface area (Å²) in [7, 11) is 1.76. The summed E-state index contributed by atoms with van der Waals surface area (Å²) in [5.41, 5.74) is 0.532. The highest BCUT2D eigenvalue weighted by molar-refractivity contribution is 5.93. The van der Waals surface area contributed by atoms with E-state index in [0.717, 1.165) is 0 Å². The molecule has 2 aromatic heterocycles. The fraction of sp³-hybridized carbons (Fsp3) is 0.462. The van der Waals surface area contributed by atoms with Gasteiger partial charge in [0.05, 0.1) is 0 Å². The Morgan fingerprint density at radius 3 is 2.82 bits per heavy atom. The normalized spacial score (nSPS) is 18.9. The Labute approximate surface area is 123 Å². The summed E-state index contributed by atoms with van der Waals surface area (Å²) in [5.74, 6) is -1.86. The second-order valence-electron chi connectivity index (χ2n) is 5.20. The van der Waals surface area contributed by atoms with Crippen molar-refractivity contribution in [2.75, 3.05) is 13.1 Å². The summed E-state index contributed by atoms with van der Waals surface area (Å²) in [6.07, 6.45) is -2.38. The molecule has 22 heavy (non-hydrogen) atoms. The van der Waals surface area contributed by atoms with E-state index in [0.29, 0.717) is 18.7 Å². The Hall–Kier alpha value is -2.32. The van der Waals surface area contributed by atoms with Gasteiger partial charge in [0.2, 0.25) is 0 Å². The number of hydrogen-bond donors (Lipinski definition) is 0. The fourth-order valence-electron chi connectivity index (χ4n) is 2.52. The largest absolute Gasteiger partial charge is 0.471 e. The van der Waals surface area contributed by atoms with Crippen LogP contribution in [-0.2, 0) is 13.2 Å². The number of alkyl halides is 3. The zero-order valence-corrected chi connectivity index (χ0v) is 11.7. The first kappa shape index (κ1) is 14.6. The van der Waals surface area contributed by atoms with Crippen molar-refractivity contribution in [3.63, 3.8) is 0 Å². The van der Waals surface area contributed by atoms with Gasteiger partial charge in [0.15, 0.2) is 5.82 Å². The zero-order valence-electron chi connectivity index (χ0n) is 11.7. The van der Waals surface area contributed by atoms with Crippen LogP contribution in [0.3, 0.4) is 0 Å². The summed E-state index contributed by atoms with van der Waals surface area (Å²) in [4.78, 5) is 17.3. The number of hydrogen-bond acceptors (Lipinski definition) is 4. The summed E-state index contributed by atoms with van der Waals surface area (Å²) < 4.78 is 43.3. The average molecular weight is 314 g/mol. The van der Waals surface area contributed by atoms with E-state index in [1.165, 1.54) is 0 Å². The van der Waals surface area contributed by atoms with Crippen molar-refractivity contribution in [2.24, 2.45) is 7.05 Å². The van der Waals surface area contributed by atoms with Crippen LogP contribution in [0.25, 0.3) is 0 Å². The Kier molecular flexibility index (Phi) is 3.42. The SMILES string of the molecule is Cn1cccc1C(=O)N1CC[C@@H](c2noc(C(F)(F)F)n2)C1. The molecule has 3 heterocycles. The quantitative estimate of drug-likeness (QED) is 0.851. The zero-order chi connectivity index (χ0) is 15.9. The van der Waals surface area contributed by atoms with Gasteiger partial charge in [-0.2, -0.15) is 18.2 Å². The minimum atomic E-state index is -4.65. The molecule has 0 N–H and O–H groups in total. The number of carbonyl (C=O) groups is 1. The average Bonchev–Trinajstić information content (AvgIpc) is 3.16. The van der Waals surface area contributed by atoms with E-state index in [1.807, 2.05) is 0 Å². The molecule has 118 valence electrons. The van der Waals surface area contributed by atoms with Crippen LogP contribution in [0.4, 0.5) is 13.2 Å². The summed E-state index contributed by atoms with van der Waals surface area (Å²) >= 11 is 0. The third-order valence-corrected chi connectivity index (χ3v) is 3.69. The van der Waals surface area contributed by atoms with E-state index in [1.54, 1.807) is 34.8 Å². The van der Waals surface area contributed by atoms with Crippen molar-refractivity contribution in [1.29, 1.82) is 0 Å². The van der Waals surface area contributed by atoms with Crippen molar-refractivity contribution < 1.29 is 22.5 Å². The van der Waals surface area contributed by atoms with Crippen LogP contribution in [0.2, 0.25) is 0 Å². The molecule has 1 atom stereocenters. The third-order valence-electron chi connectivity index (χ3n) is 3.69. The van der Waals surface area contributed by atoms with Gasteiger partial charge in [0.1, 0.15) is 5.69 Å². The Bertz CT molecular complexity index is 692. The highest BCUT2D eigenvalue weighted by Crippen LogP contribution is 2.31. The second kappa shape index (κ2) is 5.15. The van der Waals surface area contributed by atoms with Crippen molar-refractivity contribution in [2.45, 2.75) is 18.5 Å². The van der Waals surface area contributed by atoms with Crippen LogP contribution in [0, 0.1) is 0 Å². The minimum Gasteiger partial charge on any atom is -0.347 e. The minimum absolute atomic E-state index is 0.00509. The first-order valence-electron chi connectivity index (χ1n) is 6.67. The molecule has 0 radical (unpaired) electrons. The summed E-state index contributed by atoms with van der Waals surface area (Å²) in [6, 6.07) is 3.46. The van der Waals surface area contributed by atoms with Crippen molar-refractivity contribution in [3.8, 4) is 0 Å². The lowest BCUT2D eigenvalue weighted by atomic mass is 10.1. The number of aryl methyl sites for hydroxylation is 1. The van der Waals surface area contributed by atoms with Crippen molar-refractivity contribution in [3.05, 3.63) is 35.7 Å². The van der Waals surface area contributed by atoms with Gasteiger partial charge in [-0.1, -0.05) is 5.16 Å². The molecule has 2 aromatic rings. The maximum Gasteiger partial charge on any atom is 0.471 e. The number of carbonyl (C=O) groups excluding carboxylic acids is 1. The van der Waals surface area contributed by atoms with E-state index >= 15 is 0 Å². The van der Waals surface area contributed by atoms with E-state index in [9.17, 15) is 18.0 Å². The maximum atomic E-state index is 12.5. The van der Waals surface area contributed by atoms with Crippen LogP contribution < -0.4 is 0 Å². The van der Waals surface area contributed by atoms with E-state index in [2.05, 4.69) is 14.7 Å². The molecule has 1 fully saturated rings. The molecule has 1 amide bonds. The highest BCUT2D eigenvalue weighted by Gasteiger charge is 2.40. The van der Waals surface area contributed by atoms with Gasteiger partial charge in [0, 0.05) is 32.3 Å². The molecule has 1 aliphatic rings. The fourth-order valence-corrected chi connectivity index (χ4v) is 2.52. The van der Waals surface area contributed by atoms with Crippen molar-refractivity contribution in [1.82, 2.24) is 19.6 Å². The lowest BCUT2D eigenvalue weighted by molar-refractivity contribution is -0.159. The topological polar surface area (TPSA) is 64.2 Å². The third kappa shape index (κ3) is 2.58. The van der Waals surface area contributed by atoms with Gasteiger partial charge >= 0.3 is 12.1 Å². The molecule has 1 saturated heterocycles. The molecule has 0 saturated carbocycles. The van der Waals surface area contributed by atoms with Crippen LogP contribution in [0.5, 0.6) is 0 Å². The Balaban J connectivity index is 1.71. The predicted octanol–water partition coefficient (Wildman–Crippen LogP) is 2.06. The first-order valence-corrected chi connectivity index (χ1v) is 6.67. The molecular formula is C13H13F3N4O2. The second-order valence-corrected chi connectivity index (χ2v) is 5.20. The molecule has 0 unspecified atom stereocenters. The van der Waals surface area contributed by atoms with E-state index in [-0.39, 0.29) is 24.2 Å². The Morgan fingerprint density at radius 2 is 2.23 bits per heavy atom. The maximum absolute atomic E-state index is 12.5. The molecule has 0 bridgehead atoms. The molecule has 0 spiro atoms. The van der Waals surface area contributed by atoms with Gasteiger partial charge in [-0.15, -0.1) is 0 Å². The molecule has 9 heteroatoms. The molecule has 0 aromatic carbocycles. The van der Waals surface area contributed by atoms with Gasteiger partial charge in [-0.25, -0.2) is 0 Å². The van der Waals surface area contributed by atoms with Crippen molar-refractivity contribution >= 4 is 5.91 Å². The number of aromatic nitrogens is 3. The van der Waals surface area contributed by atoms with Crippen LogP contribution in [-0.4, -0.2) is 38.6 Å².